The zero-order valence-corrected chi connectivity index (χ0v) is 10.4. The molecule has 3 N–H and O–H groups in total. The Bertz CT molecular complexity index is 304. The number of nitrogens with zero attached hydrogens (tertiary/aromatic N) is 1. The molecule has 0 saturated carbocycles. The van der Waals surface area contributed by atoms with E-state index < -0.39 is 0 Å². The van der Waals surface area contributed by atoms with Gasteiger partial charge in [0.15, 0.2) is 0 Å². The largest absolute Gasteiger partial charge is 0.379 e. The Hall–Kier alpha value is -0.490. The van der Waals surface area contributed by atoms with Crippen molar-refractivity contribution in [1.29, 1.82) is 0 Å². The summed E-state index contributed by atoms with van der Waals surface area (Å²) in [6.45, 7) is 4.56. The summed E-state index contributed by atoms with van der Waals surface area (Å²) in [5, 5.41) is 6.71. The second-order valence-corrected chi connectivity index (χ2v) is 5.13. The van der Waals surface area contributed by atoms with E-state index in [0.717, 1.165) is 24.6 Å². The predicted octanol–water partition coefficient (Wildman–Crippen LogP) is 1.16. The average molecular weight is 241 g/mol. The molecule has 1 aromatic heterocycles. The first-order chi connectivity index (χ1) is 7.81. The van der Waals surface area contributed by atoms with Crippen molar-refractivity contribution in [2.75, 3.05) is 19.8 Å². The van der Waals surface area contributed by atoms with Crippen molar-refractivity contribution in [2.24, 2.45) is 11.7 Å². The van der Waals surface area contributed by atoms with E-state index in [1.807, 2.05) is 11.6 Å². The number of aromatic nitrogens is 1. The van der Waals surface area contributed by atoms with Crippen LogP contribution in [0.15, 0.2) is 11.6 Å². The van der Waals surface area contributed by atoms with Gasteiger partial charge in [-0.1, -0.05) is 6.92 Å². The molecule has 16 heavy (non-hydrogen) atoms. The maximum Gasteiger partial charge on any atom is 0.109 e. The summed E-state index contributed by atoms with van der Waals surface area (Å²) in [4.78, 5) is 4.35. The van der Waals surface area contributed by atoms with Gasteiger partial charge in [-0.15, -0.1) is 11.3 Å². The third kappa shape index (κ3) is 2.79. The average Bonchev–Trinajstić information content (AvgIpc) is 2.92. The topological polar surface area (TPSA) is 60.2 Å². The molecule has 3 atom stereocenters. The van der Waals surface area contributed by atoms with Crippen LogP contribution in [0.1, 0.15) is 24.4 Å². The highest BCUT2D eigenvalue weighted by atomic mass is 32.1. The quantitative estimate of drug-likeness (QED) is 0.812. The Balaban J connectivity index is 1.83. The van der Waals surface area contributed by atoms with Crippen LogP contribution in [0.5, 0.6) is 0 Å². The van der Waals surface area contributed by atoms with E-state index in [1.165, 1.54) is 0 Å². The minimum Gasteiger partial charge on any atom is -0.379 e. The zero-order valence-electron chi connectivity index (χ0n) is 9.56. The van der Waals surface area contributed by atoms with Gasteiger partial charge in [0.25, 0.3) is 0 Å². The zero-order chi connectivity index (χ0) is 11.4. The summed E-state index contributed by atoms with van der Waals surface area (Å²) in [6, 6.07) is 0.536. The first-order valence-electron chi connectivity index (χ1n) is 5.77. The Morgan fingerprint density at radius 3 is 3.12 bits per heavy atom. The van der Waals surface area contributed by atoms with Crippen molar-refractivity contribution in [3.05, 3.63) is 16.6 Å². The van der Waals surface area contributed by atoms with Crippen molar-refractivity contribution in [2.45, 2.75) is 25.4 Å². The van der Waals surface area contributed by atoms with Crippen LogP contribution in [-0.4, -0.2) is 30.8 Å². The van der Waals surface area contributed by atoms with E-state index in [-0.39, 0.29) is 6.04 Å². The molecule has 0 aromatic carbocycles. The number of hydrogen-bond donors (Lipinski definition) is 2. The normalized spacial score (nSPS) is 27.1. The summed E-state index contributed by atoms with van der Waals surface area (Å²) in [6.07, 6.45) is 2.91. The molecule has 0 spiro atoms. The van der Waals surface area contributed by atoms with Crippen molar-refractivity contribution in [3.63, 3.8) is 0 Å². The maximum atomic E-state index is 5.95. The number of thiazole rings is 1. The number of hydrogen-bond acceptors (Lipinski definition) is 5. The molecule has 2 heterocycles. The molecule has 1 saturated heterocycles. The third-order valence-electron chi connectivity index (χ3n) is 3.03. The number of ether oxygens (including phenoxy) is 1. The van der Waals surface area contributed by atoms with E-state index >= 15 is 0 Å². The van der Waals surface area contributed by atoms with E-state index in [0.29, 0.717) is 18.6 Å². The van der Waals surface area contributed by atoms with Crippen LogP contribution < -0.4 is 11.1 Å². The summed E-state index contributed by atoms with van der Waals surface area (Å²) in [7, 11) is 0. The molecule has 1 aromatic rings. The van der Waals surface area contributed by atoms with Crippen LogP contribution in [0.4, 0.5) is 0 Å². The molecule has 3 unspecified atom stereocenters. The molecule has 1 fully saturated rings. The molecule has 1 aliphatic heterocycles. The van der Waals surface area contributed by atoms with Gasteiger partial charge < -0.3 is 15.8 Å². The van der Waals surface area contributed by atoms with Crippen LogP contribution in [0.3, 0.4) is 0 Å². The van der Waals surface area contributed by atoms with Gasteiger partial charge in [0.05, 0.1) is 19.3 Å². The number of nitrogens with one attached hydrogen (secondary N) is 1. The SMILES string of the molecule is CCC(NCC1COCC1N)c1nccs1. The summed E-state index contributed by atoms with van der Waals surface area (Å²) >= 11 is 1.70. The Morgan fingerprint density at radius 1 is 1.69 bits per heavy atom. The first kappa shape index (κ1) is 12.0. The standard InChI is InChI=1S/C11H19N3OS/c1-2-10(11-13-3-4-16-11)14-5-8-6-15-7-9(8)12/h3-4,8-10,14H,2,5-7,12H2,1H3. The number of nitrogens with two attached hydrogens (primary N) is 1. The Labute approximate surface area is 100 Å². The van der Waals surface area contributed by atoms with Crippen LogP contribution in [0.25, 0.3) is 0 Å². The molecule has 0 amide bonds. The highest BCUT2D eigenvalue weighted by Crippen LogP contribution is 2.20. The molecule has 1 aliphatic rings. The smallest absolute Gasteiger partial charge is 0.109 e. The van der Waals surface area contributed by atoms with Gasteiger partial charge in [0.1, 0.15) is 5.01 Å². The van der Waals surface area contributed by atoms with E-state index in [9.17, 15) is 0 Å². The fourth-order valence-electron chi connectivity index (χ4n) is 1.93. The molecule has 4 nitrogen and oxygen atoms in total. The fraction of sp³-hybridized carbons (Fsp3) is 0.727. The highest BCUT2D eigenvalue weighted by Gasteiger charge is 2.25. The van der Waals surface area contributed by atoms with Gasteiger partial charge in [-0.2, -0.15) is 0 Å². The van der Waals surface area contributed by atoms with Gasteiger partial charge in [-0.05, 0) is 6.42 Å². The summed E-state index contributed by atoms with van der Waals surface area (Å²) in [5.74, 6) is 0.439. The first-order valence-corrected chi connectivity index (χ1v) is 6.65. The molecule has 0 aliphatic carbocycles. The molecule has 2 rings (SSSR count). The molecular formula is C11H19N3OS. The lowest BCUT2D eigenvalue weighted by molar-refractivity contribution is 0.183. The lowest BCUT2D eigenvalue weighted by Crippen LogP contribution is -2.37. The van der Waals surface area contributed by atoms with Gasteiger partial charge in [-0.25, -0.2) is 4.98 Å². The molecule has 90 valence electrons. The van der Waals surface area contributed by atoms with Gasteiger partial charge in [0, 0.05) is 30.1 Å². The van der Waals surface area contributed by atoms with Gasteiger partial charge in [0.2, 0.25) is 0 Å². The third-order valence-corrected chi connectivity index (χ3v) is 3.92. The second-order valence-electron chi connectivity index (χ2n) is 4.20. The lowest BCUT2D eigenvalue weighted by Gasteiger charge is -2.19. The van der Waals surface area contributed by atoms with E-state index in [1.54, 1.807) is 11.3 Å². The Kier molecular flexibility index (Phi) is 4.29. The van der Waals surface area contributed by atoms with Crippen LogP contribution in [-0.2, 0) is 4.74 Å². The molecule has 5 heteroatoms. The second kappa shape index (κ2) is 5.72. The fourth-order valence-corrected chi connectivity index (χ4v) is 2.73. The van der Waals surface area contributed by atoms with Crippen molar-refractivity contribution in [1.82, 2.24) is 10.3 Å². The Morgan fingerprint density at radius 2 is 2.56 bits per heavy atom. The summed E-state index contributed by atoms with van der Waals surface area (Å²) < 4.78 is 5.35. The minimum absolute atomic E-state index is 0.182. The van der Waals surface area contributed by atoms with E-state index in [4.69, 9.17) is 10.5 Å². The monoisotopic (exact) mass is 241 g/mol. The van der Waals surface area contributed by atoms with Crippen molar-refractivity contribution >= 4 is 11.3 Å². The summed E-state index contributed by atoms with van der Waals surface area (Å²) in [5.41, 5.74) is 5.95. The van der Waals surface area contributed by atoms with Gasteiger partial charge >= 0.3 is 0 Å². The van der Waals surface area contributed by atoms with Crippen molar-refractivity contribution in [3.8, 4) is 0 Å². The van der Waals surface area contributed by atoms with Crippen LogP contribution >= 0.6 is 11.3 Å². The van der Waals surface area contributed by atoms with Crippen LogP contribution in [0, 0.1) is 5.92 Å². The van der Waals surface area contributed by atoms with Crippen molar-refractivity contribution < 1.29 is 4.74 Å². The van der Waals surface area contributed by atoms with E-state index in [2.05, 4.69) is 17.2 Å². The van der Waals surface area contributed by atoms with Gasteiger partial charge in [-0.3, -0.25) is 0 Å². The van der Waals surface area contributed by atoms with Crippen LogP contribution in [0.2, 0.25) is 0 Å². The molecule has 0 bridgehead atoms. The maximum absolute atomic E-state index is 5.95. The predicted molar refractivity (Wildman–Crippen MR) is 65.4 cm³/mol. The molecule has 0 radical (unpaired) electrons. The molecular weight excluding hydrogens is 222 g/mol. The minimum atomic E-state index is 0.182. The highest BCUT2D eigenvalue weighted by molar-refractivity contribution is 7.09. The number of rotatable bonds is 5. The lowest BCUT2D eigenvalue weighted by atomic mass is 10.0.